The van der Waals surface area contributed by atoms with Crippen LogP contribution in [-0.4, -0.2) is 36.6 Å². The van der Waals surface area contributed by atoms with Crippen LogP contribution >= 0.6 is 0 Å². The second kappa shape index (κ2) is 8.08. The molecule has 1 fully saturated rings. The highest BCUT2D eigenvalue weighted by Gasteiger charge is 2.20. The van der Waals surface area contributed by atoms with Crippen molar-refractivity contribution in [1.29, 1.82) is 0 Å². The molecule has 2 unspecified atom stereocenters. The first-order valence-corrected chi connectivity index (χ1v) is 7.25. The van der Waals surface area contributed by atoms with Crippen molar-refractivity contribution in [1.82, 2.24) is 10.2 Å². The molecular formula is C14H30N2. The van der Waals surface area contributed by atoms with Crippen molar-refractivity contribution in [3.05, 3.63) is 0 Å². The van der Waals surface area contributed by atoms with Crippen LogP contribution in [0.3, 0.4) is 0 Å². The van der Waals surface area contributed by atoms with Gasteiger partial charge in [0.25, 0.3) is 0 Å². The molecule has 1 N–H and O–H groups in total. The number of unbranched alkanes of at least 4 members (excludes halogenated alkanes) is 3. The van der Waals surface area contributed by atoms with Gasteiger partial charge in [-0.25, -0.2) is 0 Å². The van der Waals surface area contributed by atoms with Crippen LogP contribution in [0.15, 0.2) is 0 Å². The summed E-state index contributed by atoms with van der Waals surface area (Å²) < 4.78 is 0. The molecule has 16 heavy (non-hydrogen) atoms. The molecule has 2 nitrogen and oxygen atoms in total. The molecule has 1 rings (SSSR count). The number of hydrogen-bond donors (Lipinski definition) is 1. The minimum atomic E-state index is 0.719. The van der Waals surface area contributed by atoms with Crippen molar-refractivity contribution in [2.75, 3.05) is 19.6 Å². The maximum Gasteiger partial charge on any atom is 0.0192 e. The zero-order valence-corrected chi connectivity index (χ0v) is 11.5. The van der Waals surface area contributed by atoms with Gasteiger partial charge in [0.1, 0.15) is 0 Å². The van der Waals surface area contributed by atoms with E-state index in [1.807, 2.05) is 0 Å². The molecule has 0 aromatic heterocycles. The average molecular weight is 226 g/mol. The third kappa shape index (κ3) is 4.84. The molecule has 1 saturated heterocycles. The number of hydrogen-bond acceptors (Lipinski definition) is 2. The van der Waals surface area contributed by atoms with Crippen molar-refractivity contribution in [3.63, 3.8) is 0 Å². The maximum absolute atomic E-state index is 3.65. The zero-order chi connectivity index (χ0) is 11.8. The van der Waals surface area contributed by atoms with Crippen molar-refractivity contribution < 1.29 is 0 Å². The lowest BCUT2D eigenvalue weighted by molar-refractivity contribution is 0.199. The predicted molar refractivity (Wildman–Crippen MR) is 71.9 cm³/mol. The van der Waals surface area contributed by atoms with Gasteiger partial charge < -0.3 is 5.32 Å². The Kier molecular flexibility index (Phi) is 7.06. The van der Waals surface area contributed by atoms with E-state index in [1.54, 1.807) is 0 Å². The van der Waals surface area contributed by atoms with Crippen LogP contribution in [0.5, 0.6) is 0 Å². The lowest BCUT2D eigenvalue weighted by Crippen LogP contribution is -2.40. The van der Waals surface area contributed by atoms with Crippen LogP contribution in [0, 0.1) is 0 Å². The van der Waals surface area contributed by atoms with E-state index in [9.17, 15) is 0 Å². The SMILES string of the molecule is CCCCCCN1CC(CC)NCCC1C. The first kappa shape index (κ1) is 14.0. The monoisotopic (exact) mass is 226 g/mol. The Hall–Kier alpha value is -0.0800. The molecule has 0 saturated carbocycles. The third-order valence-corrected chi connectivity index (χ3v) is 3.87. The molecular weight excluding hydrogens is 196 g/mol. The van der Waals surface area contributed by atoms with E-state index in [0.717, 1.165) is 12.1 Å². The van der Waals surface area contributed by atoms with E-state index in [-0.39, 0.29) is 0 Å². The van der Waals surface area contributed by atoms with E-state index < -0.39 is 0 Å². The summed E-state index contributed by atoms with van der Waals surface area (Å²) in [7, 11) is 0. The van der Waals surface area contributed by atoms with E-state index in [4.69, 9.17) is 0 Å². The van der Waals surface area contributed by atoms with Crippen molar-refractivity contribution in [3.8, 4) is 0 Å². The van der Waals surface area contributed by atoms with Gasteiger partial charge >= 0.3 is 0 Å². The zero-order valence-electron chi connectivity index (χ0n) is 11.5. The summed E-state index contributed by atoms with van der Waals surface area (Å²) in [5.74, 6) is 0. The molecule has 0 spiro atoms. The summed E-state index contributed by atoms with van der Waals surface area (Å²) >= 11 is 0. The molecule has 0 bridgehead atoms. The van der Waals surface area contributed by atoms with E-state index >= 15 is 0 Å². The van der Waals surface area contributed by atoms with Crippen molar-refractivity contribution in [2.45, 2.75) is 71.4 Å². The van der Waals surface area contributed by atoms with Gasteiger partial charge in [0.15, 0.2) is 0 Å². The summed E-state index contributed by atoms with van der Waals surface area (Å²) in [6.45, 7) is 10.7. The second-order valence-electron chi connectivity index (χ2n) is 5.25. The standard InChI is InChI=1S/C14H30N2/c1-4-6-7-8-11-16-12-14(5-2)15-10-9-13(16)3/h13-15H,4-12H2,1-3H3. The van der Waals surface area contributed by atoms with Crippen LogP contribution in [0.25, 0.3) is 0 Å². The Bertz CT molecular complexity index is 170. The number of nitrogens with one attached hydrogen (secondary N) is 1. The highest BCUT2D eigenvalue weighted by molar-refractivity contribution is 4.80. The summed E-state index contributed by atoms with van der Waals surface area (Å²) in [6.07, 6.45) is 8.10. The highest BCUT2D eigenvalue weighted by atomic mass is 15.2. The first-order chi connectivity index (χ1) is 7.77. The molecule has 0 radical (unpaired) electrons. The Balaban J connectivity index is 2.29. The first-order valence-electron chi connectivity index (χ1n) is 7.25. The Morgan fingerprint density at radius 2 is 2.00 bits per heavy atom. The fraction of sp³-hybridized carbons (Fsp3) is 1.00. The molecule has 2 heteroatoms. The van der Waals surface area contributed by atoms with Gasteiger partial charge in [0, 0.05) is 18.6 Å². The van der Waals surface area contributed by atoms with Gasteiger partial charge in [-0.1, -0.05) is 33.1 Å². The molecule has 0 aliphatic carbocycles. The van der Waals surface area contributed by atoms with E-state index in [2.05, 4.69) is 31.0 Å². The molecule has 1 aliphatic heterocycles. The minimum Gasteiger partial charge on any atom is -0.313 e. The van der Waals surface area contributed by atoms with Crippen LogP contribution < -0.4 is 5.32 Å². The molecule has 0 aromatic rings. The van der Waals surface area contributed by atoms with Gasteiger partial charge in [0.2, 0.25) is 0 Å². The quantitative estimate of drug-likeness (QED) is 0.700. The number of rotatable bonds is 6. The molecule has 1 aliphatic rings. The lowest BCUT2D eigenvalue weighted by atomic mass is 10.1. The van der Waals surface area contributed by atoms with Gasteiger partial charge in [-0.05, 0) is 39.3 Å². The Morgan fingerprint density at radius 1 is 1.19 bits per heavy atom. The summed E-state index contributed by atoms with van der Waals surface area (Å²) in [6, 6.07) is 1.49. The Labute approximate surface area is 102 Å². The third-order valence-electron chi connectivity index (χ3n) is 3.87. The summed E-state index contributed by atoms with van der Waals surface area (Å²) in [5, 5.41) is 3.65. The van der Waals surface area contributed by atoms with Crippen LogP contribution in [0.4, 0.5) is 0 Å². The van der Waals surface area contributed by atoms with Gasteiger partial charge in [-0.3, -0.25) is 4.90 Å². The second-order valence-corrected chi connectivity index (χ2v) is 5.25. The van der Waals surface area contributed by atoms with Crippen LogP contribution in [0.1, 0.15) is 59.3 Å². The molecule has 1 heterocycles. The average Bonchev–Trinajstić information content (AvgIpc) is 2.47. The topological polar surface area (TPSA) is 15.3 Å². The lowest BCUT2D eigenvalue weighted by Gasteiger charge is -2.28. The molecule has 0 amide bonds. The molecule has 96 valence electrons. The molecule has 2 atom stereocenters. The molecule has 0 aromatic carbocycles. The highest BCUT2D eigenvalue weighted by Crippen LogP contribution is 2.12. The van der Waals surface area contributed by atoms with Crippen LogP contribution in [-0.2, 0) is 0 Å². The van der Waals surface area contributed by atoms with Gasteiger partial charge in [0.05, 0.1) is 0 Å². The van der Waals surface area contributed by atoms with Crippen molar-refractivity contribution >= 4 is 0 Å². The van der Waals surface area contributed by atoms with Gasteiger partial charge in [-0.15, -0.1) is 0 Å². The fourth-order valence-electron chi connectivity index (χ4n) is 2.53. The minimum absolute atomic E-state index is 0.719. The van der Waals surface area contributed by atoms with E-state index in [1.165, 1.54) is 58.2 Å². The fourth-order valence-corrected chi connectivity index (χ4v) is 2.53. The smallest absolute Gasteiger partial charge is 0.0192 e. The Morgan fingerprint density at radius 3 is 2.69 bits per heavy atom. The number of nitrogens with zero attached hydrogens (tertiary/aromatic N) is 1. The maximum atomic E-state index is 3.65. The van der Waals surface area contributed by atoms with E-state index in [0.29, 0.717) is 0 Å². The normalized spacial score (nSPS) is 27.9. The van der Waals surface area contributed by atoms with Gasteiger partial charge in [-0.2, -0.15) is 0 Å². The summed E-state index contributed by atoms with van der Waals surface area (Å²) in [4.78, 5) is 2.70. The summed E-state index contributed by atoms with van der Waals surface area (Å²) in [5.41, 5.74) is 0. The van der Waals surface area contributed by atoms with Crippen LogP contribution in [0.2, 0.25) is 0 Å². The predicted octanol–water partition coefficient (Wildman–Crippen LogP) is 3.03. The largest absolute Gasteiger partial charge is 0.313 e. The van der Waals surface area contributed by atoms with Crippen molar-refractivity contribution in [2.24, 2.45) is 0 Å².